The first-order chi connectivity index (χ1) is 13.3. The van der Waals surface area contributed by atoms with Gasteiger partial charge in [-0.3, -0.25) is 9.59 Å². The summed E-state index contributed by atoms with van der Waals surface area (Å²) in [5, 5.41) is 4.99. The fourth-order valence-corrected chi connectivity index (χ4v) is 3.17. The standard InChI is InChI=1S/C23H31N3O2/c1-6-17-7-9-18(10-8-17)22(16(2)3)24-15-21(27)25-20-13-11-19(12-14-20)23(28)26(4)5/h7-14,16,22,24H,6,15H2,1-5H3,(H,25,27)/p+1/t22-/m1/s1. The number of carbonyl (C=O) groups is 2. The van der Waals surface area contributed by atoms with Crippen LogP contribution in [0.15, 0.2) is 48.5 Å². The molecule has 150 valence electrons. The number of quaternary nitrogens is 1. The fourth-order valence-electron chi connectivity index (χ4n) is 3.17. The van der Waals surface area contributed by atoms with Crippen molar-refractivity contribution in [1.82, 2.24) is 4.90 Å². The van der Waals surface area contributed by atoms with E-state index in [4.69, 9.17) is 0 Å². The molecule has 0 aliphatic heterocycles. The Kier molecular flexibility index (Phi) is 7.76. The lowest BCUT2D eigenvalue weighted by atomic mass is 9.95. The van der Waals surface area contributed by atoms with Crippen molar-refractivity contribution in [2.24, 2.45) is 5.92 Å². The quantitative estimate of drug-likeness (QED) is 0.737. The first kappa shape index (κ1) is 21.6. The number of rotatable bonds is 8. The monoisotopic (exact) mass is 382 g/mol. The molecule has 0 saturated heterocycles. The maximum Gasteiger partial charge on any atom is 0.279 e. The summed E-state index contributed by atoms with van der Waals surface area (Å²) in [7, 11) is 3.43. The Morgan fingerprint density at radius 1 is 1.00 bits per heavy atom. The number of anilines is 1. The van der Waals surface area contributed by atoms with Gasteiger partial charge in [0.25, 0.3) is 11.8 Å². The Labute approximate surface area is 168 Å². The topological polar surface area (TPSA) is 66.0 Å². The molecular formula is C23H32N3O2+. The second-order valence-electron chi connectivity index (χ2n) is 7.63. The van der Waals surface area contributed by atoms with Crippen LogP contribution in [0.1, 0.15) is 48.3 Å². The van der Waals surface area contributed by atoms with Crippen molar-refractivity contribution in [2.45, 2.75) is 33.2 Å². The lowest BCUT2D eigenvalue weighted by Crippen LogP contribution is -2.88. The van der Waals surface area contributed by atoms with Gasteiger partial charge in [0, 0.05) is 36.8 Å². The average molecular weight is 383 g/mol. The zero-order valence-corrected chi connectivity index (χ0v) is 17.5. The molecule has 0 unspecified atom stereocenters. The number of amides is 2. The van der Waals surface area contributed by atoms with E-state index in [2.05, 4.69) is 55.7 Å². The van der Waals surface area contributed by atoms with Crippen LogP contribution in [0, 0.1) is 5.92 Å². The lowest BCUT2D eigenvalue weighted by molar-refractivity contribution is -0.692. The summed E-state index contributed by atoms with van der Waals surface area (Å²) in [5.41, 5.74) is 3.86. The van der Waals surface area contributed by atoms with Gasteiger partial charge in [0.15, 0.2) is 6.54 Å². The average Bonchev–Trinajstić information content (AvgIpc) is 2.68. The Bertz CT molecular complexity index is 780. The molecule has 5 nitrogen and oxygen atoms in total. The molecule has 2 rings (SSSR count). The van der Waals surface area contributed by atoms with Gasteiger partial charge in [-0.25, -0.2) is 0 Å². The molecule has 3 N–H and O–H groups in total. The van der Waals surface area contributed by atoms with Crippen LogP contribution in [-0.4, -0.2) is 37.4 Å². The minimum atomic E-state index is -0.0555. The van der Waals surface area contributed by atoms with Crippen molar-refractivity contribution >= 4 is 17.5 Å². The predicted octanol–water partition coefficient (Wildman–Crippen LogP) is 2.85. The Morgan fingerprint density at radius 3 is 2.11 bits per heavy atom. The van der Waals surface area contributed by atoms with Crippen molar-refractivity contribution in [1.29, 1.82) is 0 Å². The molecular weight excluding hydrogens is 350 g/mol. The lowest BCUT2D eigenvalue weighted by Gasteiger charge is -2.20. The predicted molar refractivity (Wildman–Crippen MR) is 113 cm³/mol. The van der Waals surface area contributed by atoms with Gasteiger partial charge in [0.05, 0.1) is 0 Å². The van der Waals surface area contributed by atoms with Crippen molar-refractivity contribution in [3.63, 3.8) is 0 Å². The van der Waals surface area contributed by atoms with E-state index in [1.165, 1.54) is 16.0 Å². The Morgan fingerprint density at radius 2 is 1.61 bits per heavy atom. The molecule has 0 radical (unpaired) electrons. The van der Waals surface area contributed by atoms with Crippen molar-refractivity contribution < 1.29 is 14.9 Å². The highest BCUT2D eigenvalue weighted by atomic mass is 16.2. The second kappa shape index (κ2) is 10.0. The van der Waals surface area contributed by atoms with E-state index >= 15 is 0 Å². The normalized spacial score (nSPS) is 11.9. The van der Waals surface area contributed by atoms with Crippen molar-refractivity contribution in [3.8, 4) is 0 Å². The highest BCUT2D eigenvalue weighted by Gasteiger charge is 2.20. The molecule has 2 aromatic carbocycles. The van der Waals surface area contributed by atoms with Crippen LogP contribution in [-0.2, 0) is 11.2 Å². The molecule has 0 aromatic heterocycles. The molecule has 0 aliphatic carbocycles. The van der Waals surface area contributed by atoms with E-state index in [-0.39, 0.29) is 17.9 Å². The van der Waals surface area contributed by atoms with Crippen molar-refractivity contribution in [2.75, 3.05) is 26.0 Å². The largest absolute Gasteiger partial charge is 0.345 e. The van der Waals surface area contributed by atoms with E-state index in [0.29, 0.717) is 23.7 Å². The first-order valence-corrected chi connectivity index (χ1v) is 9.85. The summed E-state index contributed by atoms with van der Waals surface area (Å²) in [5.74, 6) is 0.305. The van der Waals surface area contributed by atoms with E-state index in [1.54, 1.807) is 38.4 Å². The van der Waals surface area contributed by atoms with Gasteiger partial charge >= 0.3 is 0 Å². The summed E-state index contributed by atoms with van der Waals surface area (Å²) in [6.07, 6.45) is 1.03. The minimum Gasteiger partial charge on any atom is -0.345 e. The molecule has 2 amide bonds. The summed E-state index contributed by atoms with van der Waals surface area (Å²) in [6.45, 7) is 6.84. The third kappa shape index (κ3) is 5.92. The molecule has 0 saturated carbocycles. The molecule has 5 heteroatoms. The van der Waals surface area contributed by atoms with Gasteiger partial charge in [0.2, 0.25) is 0 Å². The fraction of sp³-hybridized carbons (Fsp3) is 0.391. The molecule has 0 bridgehead atoms. The Balaban J connectivity index is 1.94. The molecule has 28 heavy (non-hydrogen) atoms. The van der Waals surface area contributed by atoms with E-state index in [1.807, 2.05) is 0 Å². The van der Waals surface area contributed by atoms with E-state index in [9.17, 15) is 9.59 Å². The SMILES string of the molecule is CCc1ccc([C@H]([NH2+]CC(=O)Nc2ccc(C(=O)N(C)C)cc2)C(C)C)cc1. The van der Waals surface area contributed by atoms with Gasteiger partial charge in [-0.1, -0.05) is 45.0 Å². The summed E-state index contributed by atoms with van der Waals surface area (Å²) >= 11 is 0. The summed E-state index contributed by atoms with van der Waals surface area (Å²) in [6, 6.07) is 15.9. The maximum atomic E-state index is 12.4. The molecule has 0 fully saturated rings. The van der Waals surface area contributed by atoms with E-state index < -0.39 is 0 Å². The maximum absolute atomic E-state index is 12.4. The first-order valence-electron chi connectivity index (χ1n) is 9.85. The van der Waals surface area contributed by atoms with Gasteiger partial charge in [-0.15, -0.1) is 0 Å². The van der Waals surface area contributed by atoms with Gasteiger partial charge < -0.3 is 15.5 Å². The highest BCUT2D eigenvalue weighted by Crippen LogP contribution is 2.18. The highest BCUT2D eigenvalue weighted by molar-refractivity contribution is 5.95. The zero-order valence-electron chi connectivity index (χ0n) is 17.5. The van der Waals surface area contributed by atoms with E-state index in [0.717, 1.165) is 6.42 Å². The molecule has 2 aromatic rings. The zero-order chi connectivity index (χ0) is 20.7. The van der Waals surface area contributed by atoms with Crippen LogP contribution in [0.2, 0.25) is 0 Å². The van der Waals surface area contributed by atoms with Crippen LogP contribution in [0.5, 0.6) is 0 Å². The molecule has 0 aliphatic rings. The van der Waals surface area contributed by atoms with Crippen molar-refractivity contribution in [3.05, 3.63) is 65.2 Å². The number of nitrogens with two attached hydrogens (primary N) is 1. The number of hydrogen-bond donors (Lipinski definition) is 2. The van der Waals surface area contributed by atoms with Crippen LogP contribution >= 0.6 is 0 Å². The number of carbonyl (C=O) groups excluding carboxylic acids is 2. The van der Waals surface area contributed by atoms with Gasteiger partial charge in [-0.2, -0.15) is 0 Å². The molecule has 0 heterocycles. The van der Waals surface area contributed by atoms with Gasteiger partial charge in [-0.05, 0) is 36.2 Å². The smallest absolute Gasteiger partial charge is 0.279 e. The minimum absolute atomic E-state index is 0.0532. The summed E-state index contributed by atoms with van der Waals surface area (Å²) < 4.78 is 0. The van der Waals surface area contributed by atoms with Crippen LogP contribution in [0.3, 0.4) is 0 Å². The number of nitrogens with zero attached hydrogens (tertiary/aromatic N) is 1. The number of hydrogen-bond acceptors (Lipinski definition) is 2. The van der Waals surface area contributed by atoms with Gasteiger partial charge in [0.1, 0.15) is 6.04 Å². The van der Waals surface area contributed by atoms with Crippen LogP contribution in [0.25, 0.3) is 0 Å². The number of nitrogens with one attached hydrogen (secondary N) is 1. The number of benzene rings is 2. The third-order valence-corrected chi connectivity index (χ3v) is 4.87. The number of aryl methyl sites for hydroxylation is 1. The molecule has 0 spiro atoms. The van der Waals surface area contributed by atoms with Crippen LogP contribution < -0.4 is 10.6 Å². The second-order valence-corrected chi connectivity index (χ2v) is 7.63. The Hall–Kier alpha value is -2.66. The summed E-state index contributed by atoms with van der Waals surface area (Å²) in [4.78, 5) is 25.8. The van der Waals surface area contributed by atoms with Crippen LogP contribution in [0.4, 0.5) is 5.69 Å². The molecule has 1 atom stereocenters. The third-order valence-electron chi connectivity index (χ3n) is 4.87.